The smallest absolute Gasteiger partial charge is 0.0928 e. The third-order valence-corrected chi connectivity index (χ3v) is 2.97. The first-order chi connectivity index (χ1) is 6.81. The van der Waals surface area contributed by atoms with E-state index in [9.17, 15) is 0 Å². The molecule has 0 aliphatic rings. The minimum atomic E-state index is 1.00. The van der Waals surface area contributed by atoms with Crippen molar-refractivity contribution in [3.63, 3.8) is 0 Å². The topological polar surface area (TPSA) is 12.9 Å². The number of nitrogens with zero attached hydrogens (tertiary/aromatic N) is 1. The van der Waals surface area contributed by atoms with Gasteiger partial charge in [-0.25, -0.2) is 4.98 Å². The van der Waals surface area contributed by atoms with E-state index in [0.29, 0.717) is 0 Å². The van der Waals surface area contributed by atoms with Crippen molar-refractivity contribution in [3.8, 4) is 0 Å². The van der Waals surface area contributed by atoms with Crippen LogP contribution in [0.25, 0.3) is 5.57 Å². The highest BCUT2D eigenvalue weighted by molar-refractivity contribution is 7.12. The molecular formula is C12H15NS. The number of aryl methyl sites for hydroxylation is 1. The van der Waals surface area contributed by atoms with Crippen molar-refractivity contribution in [3.05, 3.63) is 47.0 Å². The van der Waals surface area contributed by atoms with Crippen LogP contribution in [0, 0.1) is 0 Å². The van der Waals surface area contributed by atoms with Crippen molar-refractivity contribution >= 4 is 16.9 Å². The Hall–Kier alpha value is -1.15. The molecule has 0 aliphatic heterocycles. The van der Waals surface area contributed by atoms with Crippen LogP contribution in [-0.4, -0.2) is 4.98 Å². The van der Waals surface area contributed by atoms with E-state index >= 15 is 0 Å². The van der Waals surface area contributed by atoms with Gasteiger partial charge < -0.3 is 0 Å². The van der Waals surface area contributed by atoms with E-state index in [1.807, 2.05) is 25.3 Å². The summed E-state index contributed by atoms with van der Waals surface area (Å²) in [6.07, 6.45) is 10.9. The van der Waals surface area contributed by atoms with Gasteiger partial charge >= 0.3 is 0 Å². The van der Waals surface area contributed by atoms with Crippen LogP contribution in [0.3, 0.4) is 0 Å². The SMILES string of the molecule is C=C/C=C(\C=C/C)c1cnc(CC)s1. The van der Waals surface area contributed by atoms with Crippen LogP contribution in [0.5, 0.6) is 0 Å². The quantitative estimate of drug-likeness (QED) is 0.680. The van der Waals surface area contributed by atoms with Gasteiger partial charge in [0.15, 0.2) is 0 Å². The first-order valence-electron chi connectivity index (χ1n) is 4.72. The van der Waals surface area contributed by atoms with E-state index in [1.54, 1.807) is 17.4 Å². The average molecular weight is 205 g/mol. The first-order valence-corrected chi connectivity index (χ1v) is 5.54. The van der Waals surface area contributed by atoms with Crippen LogP contribution < -0.4 is 0 Å². The molecule has 0 spiro atoms. The number of thiazole rings is 1. The molecule has 0 fully saturated rings. The fourth-order valence-electron chi connectivity index (χ4n) is 1.13. The van der Waals surface area contributed by atoms with Gasteiger partial charge in [0, 0.05) is 6.20 Å². The Kier molecular flexibility index (Phi) is 4.33. The summed E-state index contributed by atoms with van der Waals surface area (Å²) >= 11 is 1.74. The van der Waals surface area contributed by atoms with Gasteiger partial charge in [0.05, 0.1) is 9.88 Å². The molecular weight excluding hydrogens is 190 g/mol. The highest BCUT2D eigenvalue weighted by Gasteiger charge is 2.02. The molecule has 2 heteroatoms. The number of allylic oxidation sites excluding steroid dienone is 5. The molecule has 14 heavy (non-hydrogen) atoms. The molecule has 0 atom stereocenters. The standard InChI is InChI=1S/C12H15NS/c1-4-7-10(8-5-2)11-9-13-12(6-3)14-11/h4-5,7-9H,1,6H2,2-3H3/b8-5-,10-7+. The summed E-state index contributed by atoms with van der Waals surface area (Å²) in [6.45, 7) is 7.84. The third kappa shape index (κ3) is 2.67. The summed E-state index contributed by atoms with van der Waals surface area (Å²) < 4.78 is 0. The van der Waals surface area contributed by atoms with Crippen LogP contribution in [0.1, 0.15) is 23.7 Å². The molecule has 1 aromatic heterocycles. The second kappa shape index (κ2) is 5.55. The molecule has 0 bridgehead atoms. The van der Waals surface area contributed by atoms with Gasteiger partial charge in [0.2, 0.25) is 0 Å². The maximum absolute atomic E-state index is 4.33. The van der Waals surface area contributed by atoms with Gasteiger partial charge in [-0.15, -0.1) is 11.3 Å². The second-order valence-corrected chi connectivity index (χ2v) is 3.94. The lowest BCUT2D eigenvalue weighted by Crippen LogP contribution is -1.72. The lowest BCUT2D eigenvalue weighted by Gasteiger charge is -1.94. The van der Waals surface area contributed by atoms with Crippen LogP contribution >= 0.6 is 11.3 Å². The number of hydrogen-bond donors (Lipinski definition) is 0. The first kappa shape index (κ1) is 10.9. The molecule has 0 N–H and O–H groups in total. The lowest BCUT2D eigenvalue weighted by atomic mass is 10.2. The molecule has 0 aromatic carbocycles. The Morgan fingerprint density at radius 3 is 2.93 bits per heavy atom. The predicted octanol–water partition coefficient (Wildman–Crippen LogP) is 3.85. The normalized spacial score (nSPS) is 12.3. The Morgan fingerprint density at radius 2 is 2.43 bits per heavy atom. The molecule has 0 saturated heterocycles. The Balaban J connectivity index is 2.99. The summed E-state index contributed by atoms with van der Waals surface area (Å²) in [5.74, 6) is 0. The van der Waals surface area contributed by atoms with Crippen LogP contribution in [-0.2, 0) is 6.42 Å². The Morgan fingerprint density at radius 1 is 1.64 bits per heavy atom. The van der Waals surface area contributed by atoms with E-state index in [1.165, 1.54) is 15.5 Å². The molecule has 1 nitrogen and oxygen atoms in total. The summed E-state index contributed by atoms with van der Waals surface area (Å²) in [6, 6.07) is 0. The Bertz CT molecular complexity index is 358. The maximum atomic E-state index is 4.33. The summed E-state index contributed by atoms with van der Waals surface area (Å²) in [5.41, 5.74) is 1.18. The van der Waals surface area contributed by atoms with Gasteiger partial charge in [-0.3, -0.25) is 0 Å². The zero-order chi connectivity index (χ0) is 10.4. The molecule has 0 saturated carbocycles. The minimum absolute atomic E-state index is 1.00. The number of hydrogen-bond acceptors (Lipinski definition) is 2. The monoisotopic (exact) mass is 205 g/mol. The van der Waals surface area contributed by atoms with E-state index in [2.05, 4.69) is 24.6 Å². The molecule has 0 radical (unpaired) electrons. The average Bonchev–Trinajstić information content (AvgIpc) is 2.65. The molecule has 1 aromatic rings. The predicted molar refractivity (Wildman–Crippen MR) is 64.5 cm³/mol. The van der Waals surface area contributed by atoms with Gasteiger partial charge in [0.1, 0.15) is 0 Å². The Labute approximate surface area is 89.5 Å². The highest BCUT2D eigenvalue weighted by atomic mass is 32.1. The van der Waals surface area contributed by atoms with Crippen LogP contribution in [0.2, 0.25) is 0 Å². The maximum Gasteiger partial charge on any atom is 0.0928 e. The van der Waals surface area contributed by atoms with Gasteiger partial charge in [-0.2, -0.15) is 0 Å². The van der Waals surface area contributed by atoms with Crippen molar-refractivity contribution in [1.29, 1.82) is 0 Å². The van der Waals surface area contributed by atoms with E-state index in [4.69, 9.17) is 0 Å². The van der Waals surface area contributed by atoms with E-state index < -0.39 is 0 Å². The summed E-state index contributed by atoms with van der Waals surface area (Å²) in [5, 5.41) is 1.18. The summed E-state index contributed by atoms with van der Waals surface area (Å²) in [7, 11) is 0. The molecule has 0 amide bonds. The van der Waals surface area contributed by atoms with Crippen LogP contribution in [0.4, 0.5) is 0 Å². The van der Waals surface area contributed by atoms with Crippen molar-refractivity contribution in [2.45, 2.75) is 20.3 Å². The van der Waals surface area contributed by atoms with Gasteiger partial charge in [-0.1, -0.05) is 37.8 Å². The zero-order valence-corrected chi connectivity index (χ0v) is 9.47. The summed E-state index contributed by atoms with van der Waals surface area (Å²) in [4.78, 5) is 5.54. The van der Waals surface area contributed by atoms with Crippen LogP contribution in [0.15, 0.2) is 37.1 Å². The minimum Gasteiger partial charge on any atom is -0.249 e. The number of rotatable bonds is 4. The zero-order valence-electron chi connectivity index (χ0n) is 8.66. The molecule has 1 rings (SSSR count). The lowest BCUT2D eigenvalue weighted by molar-refractivity contribution is 1.09. The van der Waals surface area contributed by atoms with E-state index in [-0.39, 0.29) is 0 Å². The molecule has 74 valence electrons. The van der Waals surface area contributed by atoms with E-state index in [0.717, 1.165) is 6.42 Å². The molecule has 0 aliphatic carbocycles. The fourth-order valence-corrected chi connectivity index (χ4v) is 2.00. The largest absolute Gasteiger partial charge is 0.249 e. The number of aromatic nitrogens is 1. The van der Waals surface area contributed by atoms with Crippen molar-refractivity contribution in [2.75, 3.05) is 0 Å². The second-order valence-electron chi connectivity index (χ2n) is 2.83. The fraction of sp³-hybridized carbons (Fsp3) is 0.250. The van der Waals surface area contributed by atoms with Crippen molar-refractivity contribution < 1.29 is 0 Å². The van der Waals surface area contributed by atoms with Gasteiger partial charge in [-0.05, 0) is 18.9 Å². The molecule has 1 heterocycles. The van der Waals surface area contributed by atoms with Crippen molar-refractivity contribution in [2.24, 2.45) is 0 Å². The van der Waals surface area contributed by atoms with Gasteiger partial charge in [0.25, 0.3) is 0 Å². The highest BCUT2D eigenvalue weighted by Crippen LogP contribution is 2.23. The van der Waals surface area contributed by atoms with Crippen molar-refractivity contribution in [1.82, 2.24) is 4.98 Å². The molecule has 0 unspecified atom stereocenters. The third-order valence-electron chi connectivity index (χ3n) is 1.78.